The average molecular weight is 323 g/mol. The van der Waals surface area contributed by atoms with Gasteiger partial charge in [0.15, 0.2) is 0 Å². The van der Waals surface area contributed by atoms with E-state index in [1.54, 1.807) is 0 Å². The third kappa shape index (κ3) is 3.03. The summed E-state index contributed by atoms with van der Waals surface area (Å²) in [4.78, 5) is 12.7. The summed E-state index contributed by atoms with van der Waals surface area (Å²) in [6.45, 7) is 5.67. The molecule has 2 aromatic carbocycles. The van der Waals surface area contributed by atoms with Crippen LogP contribution in [0.1, 0.15) is 48.2 Å². The van der Waals surface area contributed by atoms with Crippen molar-refractivity contribution in [1.29, 1.82) is 0 Å². The lowest BCUT2D eigenvalue weighted by molar-refractivity contribution is 0.0938. The van der Waals surface area contributed by atoms with Gasteiger partial charge in [-0.3, -0.25) is 4.79 Å². The van der Waals surface area contributed by atoms with Gasteiger partial charge in [0, 0.05) is 18.4 Å². The quantitative estimate of drug-likeness (QED) is 0.869. The molecule has 3 heteroatoms. The third-order valence-electron chi connectivity index (χ3n) is 5.29. The SMILES string of the molecule is CCC(CC)(CNC(=O)c1cccc2c1OCC2)c1ccccc1. The Hall–Kier alpha value is -2.29. The lowest BCUT2D eigenvalue weighted by atomic mass is 9.76. The molecule has 1 aliphatic rings. The number of amides is 1. The minimum atomic E-state index is -0.0454. The van der Waals surface area contributed by atoms with Crippen molar-refractivity contribution in [2.45, 2.75) is 38.5 Å². The molecule has 126 valence electrons. The van der Waals surface area contributed by atoms with E-state index in [2.05, 4.69) is 43.4 Å². The molecule has 1 N–H and O–H groups in total. The van der Waals surface area contributed by atoms with E-state index in [1.165, 1.54) is 5.56 Å². The van der Waals surface area contributed by atoms with Crippen molar-refractivity contribution in [3.05, 3.63) is 65.2 Å². The minimum absolute atomic E-state index is 0.0320. The van der Waals surface area contributed by atoms with Crippen molar-refractivity contribution >= 4 is 5.91 Å². The Morgan fingerprint density at radius 2 is 1.83 bits per heavy atom. The maximum Gasteiger partial charge on any atom is 0.255 e. The zero-order chi connectivity index (χ0) is 17.0. The molecule has 0 fully saturated rings. The number of hydrogen-bond acceptors (Lipinski definition) is 2. The van der Waals surface area contributed by atoms with Crippen LogP contribution in [0.2, 0.25) is 0 Å². The number of fused-ring (bicyclic) bond motifs is 1. The largest absolute Gasteiger partial charge is 0.492 e. The molecule has 0 bridgehead atoms. The Bertz CT molecular complexity index is 705. The van der Waals surface area contributed by atoms with Crippen LogP contribution >= 0.6 is 0 Å². The highest BCUT2D eigenvalue weighted by molar-refractivity contribution is 5.97. The van der Waals surface area contributed by atoms with Gasteiger partial charge in [-0.05, 0) is 30.0 Å². The van der Waals surface area contributed by atoms with Gasteiger partial charge in [-0.25, -0.2) is 0 Å². The molecular weight excluding hydrogens is 298 g/mol. The molecule has 2 aromatic rings. The van der Waals surface area contributed by atoms with E-state index in [0.717, 1.165) is 30.6 Å². The molecule has 24 heavy (non-hydrogen) atoms. The predicted octanol–water partition coefficient (Wildman–Crippen LogP) is 4.11. The molecule has 3 rings (SSSR count). The molecule has 1 amide bonds. The van der Waals surface area contributed by atoms with Crippen molar-refractivity contribution in [1.82, 2.24) is 5.32 Å². The van der Waals surface area contributed by atoms with E-state index >= 15 is 0 Å². The summed E-state index contributed by atoms with van der Waals surface area (Å²) in [7, 11) is 0. The van der Waals surface area contributed by atoms with Crippen molar-refractivity contribution in [3.63, 3.8) is 0 Å². The van der Waals surface area contributed by atoms with Crippen LogP contribution in [0.3, 0.4) is 0 Å². The van der Waals surface area contributed by atoms with Crippen LogP contribution in [-0.2, 0) is 11.8 Å². The second-order valence-corrected chi connectivity index (χ2v) is 6.43. The van der Waals surface area contributed by atoms with Crippen molar-refractivity contribution in [2.75, 3.05) is 13.2 Å². The Morgan fingerprint density at radius 1 is 1.08 bits per heavy atom. The molecule has 1 heterocycles. The highest BCUT2D eigenvalue weighted by atomic mass is 16.5. The summed E-state index contributed by atoms with van der Waals surface area (Å²) in [6, 6.07) is 16.3. The van der Waals surface area contributed by atoms with E-state index in [0.29, 0.717) is 18.7 Å². The Morgan fingerprint density at radius 3 is 2.54 bits per heavy atom. The van der Waals surface area contributed by atoms with Crippen molar-refractivity contribution < 1.29 is 9.53 Å². The van der Waals surface area contributed by atoms with Crippen molar-refractivity contribution in [3.8, 4) is 5.75 Å². The number of hydrogen-bond donors (Lipinski definition) is 1. The summed E-state index contributed by atoms with van der Waals surface area (Å²) < 4.78 is 5.66. The molecule has 0 saturated carbocycles. The summed E-state index contributed by atoms with van der Waals surface area (Å²) in [6.07, 6.45) is 2.85. The molecule has 1 aliphatic heterocycles. The number of benzene rings is 2. The zero-order valence-electron chi connectivity index (χ0n) is 14.5. The number of carbonyl (C=O) groups excluding carboxylic acids is 1. The van der Waals surface area contributed by atoms with Gasteiger partial charge in [0.25, 0.3) is 5.91 Å². The molecule has 0 aliphatic carbocycles. The lowest BCUT2D eigenvalue weighted by Gasteiger charge is -2.32. The smallest absolute Gasteiger partial charge is 0.255 e. The predicted molar refractivity (Wildman–Crippen MR) is 96.7 cm³/mol. The average Bonchev–Trinajstić information content (AvgIpc) is 3.12. The van der Waals surface area contributed by atoms with E-state index in [-0.39, 0.29) is 11.3 Å². The maximum atomic E-state index is 12.7. The maximum absolute atomic E-state index is 12.7. The van der Waals surface area contributed by atoms with Gasteiger partial charge in [-0.2, -0.15) is 0 Å². The van der Waals surface area contributed by atoms with Crippen LogP contribution in [0, 0.1) is 0 Å². The molecule has 0 spiro atoms. The first-order chi connectivity index (χ1) is 11.7. The number of rotatable bonds is 6. The van der Waals surface area contributed by atoms with E-state index in [1.807, 2.05) is 24.3 Å². The zero-order valence-corrected chi connectivity index (χ0v) is 14.5. The highest BCUT2D eigenvalue weighted by Crippen LogP contribution is 2.32. The highest BCUT2D eigenvalue weighted by Gasteiger charge is 2.29. The Kier molecular flexibility index (Phi) is 4.89. The van der Waals surface area contributed by atoms with Gasteiger partial charge in [-0.15, -0.1) is 0 Å². The van der Waals surface area contributed by atoms with Crippen LogP contribution < -0.4 is 10.1 Å². The van der Waals surface area contributed by atoms with Crippen molar-refractivity contribution in [2.24, 2.45) is 0 Å². The van der Waals surface area contributed by atoms with Gasteiger partial charge in [0.1, 0.15) is 5.75 Å². The Balaban J connectivity index is 1.78. The van der Waals surface area contributed by atoms with Crippen LogP contribution in [0.25, 0.3) is 0 Å². The molecule has 3 nitrogen and oxygen atoms in total. The van der Waals surface area contributed by atoms with Gasteiger partial charge >= 0.3 is 0 Å². The fourth-order valence-corrected chi connectivity index (χ4v) is 3.54. The van der Waals surface area contributed by atoms with Crippen LogP contribution in [0.15, 0.2) is 48.5 Å². The molecule has 0 saturated heterocycles. The molecule has 0 aromatic heterocycles. The summed E-state index contributed by atoms with van der Waals surface area (Å²) in [5.74, 6) is 0.712. The first-order valence-corrected chi connectivity index (χ1v) is 8.78. The lowest BCUT2D eigenvalue weighted by Crippen LogP contribution is -2.40. The fraction of sp³-hybridized carbons (Fsp3) is 0.381. The van der Waals surface area contributed by atoms with Crippen LogP contribution in [0.4, 0.5) is 0 Å². The Labute approximate surface area is 144 Å². The summed E-state index contributed by atoms with van der Waals surface area (Å²) in [5, 5.41) is 3.15. The number of ether oxygens (including phenoxy) is 1. The van der Waals surface area contributed by atoms with Gasteiger partial charge < -0.3 is 10.1 Å². The topological polar surface area (TPSA) is 38.3 Å². The molecule has 0 atom stereocenters. The second kappa shape index (κ2) is 7.08. The molecular formula is C21H25NO2. The van der Waals surface area contributed by atoms with Gasteiger partial charge in [-0.1, -0.05) is 56.3 Å². The normalized spacial score (nSPS) is 13.2. The van der Waals surface area contributed by atoms with E-state index in [9.17, 15) is 4.79 Å². The third-order valence-corrected chi connectivity index (χ3v) is 5.29. The van der Waals surface area contributed by atoms with E-state index < -0.39 is 0 Å². The number of para-hydroxylation sites is 1. The number of nitrogens with one attached hydrogen (secondary N) is 1. The van der Waals surface area contributed by atoms with Crippen LogP contribution in [-0.4, -0.2) is 19.1 Å². The summed E-state index contributed by atoms with van der Waals surface area (Å²) in [5.41, 5.74) is 3.03. The monoisotopic (exact) mass is 323 g/mol. The van der Waals surface area contributed by atoms with E-state index in [4.69, 9.17) is 4.74 Å². The van der Waals surface area contributed by atoms with Crippen LogP contribution in [0.5, 0.6) is 5.75 Å². The summed E-state index contributed by atoms with van der Waals surface area (Å²) >= 11 is 0. The van der Waals surface area contributed by atoms with Gasteiger partial charge in [0.05, 0.1) is 12.2 Å². The fourth-order valence-electron chi connectivity index (χ4n) is 3.54. The first-order valence-electron chi connectivity index (χ1n) is 8.78. The molecule has 0 unspecified atom stereocenters. The standard InChI is InChI=1S/C21H25NO2/c1-3-21(4-2,17-10-6-5-7-11-17)15-22-20(23)18-12-8-9-16-13-14-24-19(16)18/h5-12H,3-4,13-15H2,1-2H3,(H,22,23). The number of carbonyl (C=O) groups is 1. The second-order valence-electron chi connectivity index (χ2n) is 6.43. The minimum Gasteiger partial charge on any atom is -0.492 e. The van der Waals surface area contributed by atoms with Gasteiger partial charge in [0.2, 0.25) is 0 Å². The first kappa shape index (κ1) is 16.6. The molecule has 0 radical (unpaired) electrons.